The van der Waals surface area contributed by atoms with Crippen LogP contribution in [0.3, 0.4) is 0 Å². The molecule has 2 saturated heterocycles. The van der Waals surface area contributed by atoms with E-state index in [-0.39, 0.29) is 0 Å². The third-order valence-electron chi connectivity index (χ3n) is 6.36. The second-order valence-corrected chi connectivity index (χ2v) is 8.73. The molecule has 2 aliphatic heterocycles. The lowest BCUT2D eigenvalue weighted by atomic mass is 10.1. The van der Waals surface area contributed by atoms with Crippen LogP contribution in [-0.4, -0.2) is 75.2 Å². The summed E-state index contributed by atoms with van der Waals surface area (Å²) in [6.45, 7) is 8.55. The molecule has 0 bridgehead atoms. The van der Waals surface area contributed by atoms with Gasteiger partial charge in [0, 0.05) is 71.1 Å². The van der Waals surface area contributed by atoms with Crippen molar-refractivity contribution in [2.24, 2.45) is 4.99 Å². The summed E-state index contributed by atoms with van der Waals surface area (Å²) in [5, 5.41) is 7.07. The monoisotopic (exact) mass is 420 g/mol. The van der Waals surface area contributed by atoms with E-state index in [2.05, 4.69) is 92.0 Å². The van der Waals surface area contributed by atoms with Gasteiger partial charge in [-0.1, -0.05) is 42.5 Å². The second-order valence-electron chi connectivity index (χ2n) is 8.73. The Morgan fingerprint density at radius 2 is 1.65 bits per heavy atom. The molecule has 1 unspecified atom stereocenters. The highest BCUT2D eigenvalue weighted by Crippen LogP contribution is 2.19. The van der Waals surface area contributed by atoms with Gasteiger partial charge < -0.3 is 20.4 Å². The smallest absolute Gasteiger partial charge is 0.191 e. The lowest BCUT2D eigenvalue weighted by Gasteiger charge is -2.32. The van der Waals surface area contributed by atoms with E-state index in [0.29, 0.717) is 6.04 Å². The maximum absolute atomic E-state index is 4.43. The zero-order chi connectivity index (χ0) is 21.5. The Hall–Kier alpha value is -2.57. The Bertz CT molecular complexity index is 827. The van der Waals surface area contributed by atoms with Gasteiger partial charge in [-0.05, 0) is 36.7 Å². The fourth-order valence-electron chi connectivity index (χ4n) is 4.35. The average Bonchev–Trinajstić information content (AvgIpc) is 3.28. The van der Waals surface area contributed by atoms with Crippen molar-refractivity contribution in [2.45, 2.75) is 25.6 Å². The molecule has 0 spiro atoms. The van der Waals surface area contributed by atoms with E-state index in [1.807, 2.05) is 7.05 Å². The van der Waals surface area contributed by atoms with Gasteiger partial charge >= 0.3 is 0 Å². The SMILES string of the molecule is CN=C(NCc1ccc(CN2CCN(C)CC2)cc1)NC1CCN(c2ccccc2)C1. The first-order chi connectivity index (χ1) is 15.2. The molecule has 2 aromatic rings. The average molecular weight is 421 g/mol. The van der Waals surface area contributed by atoms with Gasteiger partial charge in [0.25, 0.3) is 0 Å². The Morgan fingerprint density at radius 1 is 0.935 bits per heavy atom. The number of likely N-dealkylation sites (N-methyl/N-ethyl adjacent to an activating group) is 1. The van der Waals surface area contributed by atoms with Gasteiger partial charge in [-0.15, -0.1) is 0 Å². The predicted octanol–water partition coefficient (Wildman–Crippen LogP) is 2.38. The minimum absolute atomic E-state index is 0.414. The Morgan fingerprint density at radius 3 is 2.35 bits per heavy atom. The number of guanidine groups is 1. The van der Waals surface area contributed by atoms with Crippen molar-refractivity contribution < 1.29 is 0 Å². The fraction of sp³-hybridized carbons (Fsp3) is 0.480. The standard InChI is InChI=1S/C25H36N6/c1-26-25(28-23-12-13-31(20-23)24-6-4-3-5-7-24)27-18-21-8-10-22(11-9-21)19-30-16-14-29(2)15-17-30/h3-11,23H,12-20H2,1-2H3,(H2,26,27,28). The van der Waals surface area contributed by atoms with Gasteiger partial charge in [-0.3, -0.25) is 9.89 Å². The van der Waals surface area contributed by atoms with Crippen LogP contribution in [0.25, 0.3) is 0 Å². The lowest BCUT2D eigenvalue weighted by Crippen LogP contribution is -2.44. The number of hydrogen-bond acceptors (Lipinski definition) is 4. The van der Waals surface area contributed by atoms with Crippen LogP contribution in [-0.2, 0) is 13.1 Å². The topological polar surface area (TPSA) is 46.1 Å². The quantitative estimate of drug-likeness (QED) is 0.555. The van der Waals surface area contributed by atoms with Crippen LogP contribution in [0.15, 0.2) is 59.6 Å². The van der Waals surface area contributed by atoms with Crippen LogP contribution in [0.1, 0.15) is 17.5 Å². The number of nitrogens with one attached hydrogen (secondary N) is 2. The van der Waals surface area contributed by atoms with E-state index in [4.69, 9.17) is 0 Å². The van der Waals surface area contributed by atoms with Crippen LogP contribution < -0.4 is 15.5 Å². The molecule has 0 amide bonds. The highest BCUT2D eigenvalue weighted by molar-refractivity contribution is 5.80. The molecule has 31 heavy (non-hydrogen) atoms. The molecule has 2 aliphatic rings. The number of anilines is 1. The molecular weight excluding hydrogens is 384 g/mol. The molecule has 2 aromatic carbocycles. The molecule has 0 aromatic heterocycles. The van der Waals surface area contributed by atoms with Crippen molar-refractivity contribution in [3.63, 3.8) is 0 Å². The highest BCUT2D eigenvalue weighted by Gasteiger charge is 2.23. The molecule has 4 rings (SSSR count). The maximum atomic E-state index is 4.43. The molecule has 166 valence electrons. The third-order valence-corrected chi connectivity index (χ3v) is 6.36. The van der Waals surface area contributed by atoms with E-state index >= 15 is 0 Å². The number of aliphatic imine (C=N–C) groups is 1. The number of piperazine rings is 1. The van der Waals surface area contributed by atoms with Crippen molar-refractivity contribution in [1.82, 2.24) is 20.4 Å². The van der Waals surface area contributed by atoms with Gasteiger partial charge in [-0.2, -0.15) is 0 Å². The van der Waals surface area contributed by atoms with Gasteiger partial charge in [0.15, 0.2) is 5.96 Å². The van der Waals surface area contributed by atoms with Crippen LogP contribution in [0.4, 0.5) is 5.69 Å². The molecule has 2 fully saturated rings. The van der Waals surface area contributed by atoms with Crippen LogP contribution in [0, 0.1) is 0 Å². The maximum Gasteiger partial charge on any atom is 0.191 e. The van der Waals surface area contributed by atoms with Gasteiger partial charge in [0.05, 0.1) is 0 Å². The van der Waals surface area contributed by atoms with Gasteiger partial charge in [0.1, 0.15) is 0 Å². The fourth-order valence-corrected chi connectivity index (χ4v) is 4.35. The molecular formula is C25H36N6. The molecule has 6 nitrogen and oxygen atoms in total. The summed E-state index contributed by atoms with van der Waals surface area (Å²) in [7, 11) is 4.05. The van der Waals surface area contributed by atoms with Crippen molar-refractivity contribution >= 4 is 11.6 Å². The zero-order valence-corrected chi connectivity index (χ0v) is 18.9. The third kappa shape index (κ3) is 6.21. The molecule has 6 heteroatoms. The highest BCUT2D eigenvalue weighted by atomic mass is 15.2. The number of para-hydroxylation sites is 1. The predicted molar refractivity (Wildman–Crippen MR) is 130 cm³/mol. The van der Waals surface area contributed by atoms with E-state index in [0.717, 1.165) is 64.7 Å². The Labute approximate surface area is 186 Å². The summed E-state index contributed by atoms with van der Waals surface area (Å²) < 4.78 is 0. The largest absolute Gasteiger partial charge is 0.369 e. The van der Waals surface area contributed by atoms with Gasteiger partial charge in [-0.25, -0.2) is 0 Å². The number of hydrogen-bond donors (Lipinski definition) is 2. The van der Waals surface area contributed by atoms with E-state index in [9.17, 15) is 0 Å². The normalized spacial score (nSPS) is 20.8. The summed E-state index contributed by atoms with van der Waals surface area (Å²) in [4.78, 5) is 11.8. The molecule has 2 N–H and O–H groups in total. The first-order valence-corrected chi connectivity index (χ1v) is 11.5. The summed E-state index contributed by atoms with van der Waals surface area (Å²) in [5.41, 5.74) is 3.97. The van der Waals surface area contributed by atoms with Crippen LogP contribution in [0.5, 0.6) is 0 Å². The summed E-state index contributed by atoms with van der Waals surface area (Å²) >= 11 is 0. The van der Waals surface area contributed by atoms with Gasteiger partial charge in [0.2, 0.25) is 0 Å². The number of nitrogens with zero attached hydrogens (tertiary/aromatic N) is 4. The van der Waals surface area contributed by atoms with Crippen LogP contribution in [0.2, 0.25) is 0 Å². The minimum Gasteiger partial charge on any atom is -0.369 e. The van der Waals surface area contributed by atoms with E-state index in [1.54, 1.807) is 0 Å². The first kappa shape index (κ1) is 21.7. The summed E-state index contributed by atoms with van der Waals surface area (Å²) in [5.74, 6) is 0.876. The minimum atomic E-state index is 0.414. The molecule has 1 atom stereocenters. The van der Waals surface area contributed by atoms with E-state index in [1.165, 1.54) is 16.8 Å². The van der Waals surface area contributed by atoms with Crippen LogP contribution >= 0.6 is 0 Å². The van der Waals surface area contributed by atoms with Crippen molar-refractivity contribution in [1.29, 1.82) is 0 Å². The molecule has 0 saturated carbocycles. The van der Waals surface area contributed by atoms with Crippen molar-refractivity contribution in [3.05, 3.63) is 65.7 Å². The lowest BCUT2D eigenvalue weighted by molar-refractivity contribution is 0.148. The molecule has 0 aliphatic carbocycles. The molecule has 0 radical (unpaired) electrons. The van der Waals surface area contributed by atoms with E-state index < -0.39 is 0 Å². The summed E-state index contributed by atoms with van der Waals surface area (Å²) in [6.07, 6.45) is 1.12. The number of rotatable bonds is 6. The zero-order valence-electron chi connectivity index (χ0n) is 18.9. The second kappa shape index (κ2) is 10.6. The summed E-state index contributed by atoms with van der Waals surface area (Å²) in [6, 6.07) is 20.1. The van der Waals surface area contributed by atoms with Crippen molar-refractivity contribution in [2.75, 3.05) is 58.3 Å². The van der Waals surface area contributed by atoms with Crippen molar-refractivity contribution in [3.8, 4) is 0 Å². The Balaban J connectivity index is 1.22. The number of benzene rings is 2. The Kier molecular flexibility index (Phi) is 7.43. The first-order valence-electron chi connectivity index (χ1n) is 11.5. The molecule has 2 heterocycles.